The summed E-state index contributed by atoms with van der Waals surface area (Å²) in [4.78, 5) is 37.3. The van der Waals surface area contributed by atoms with Gasteiger partial charge >= 0.3 is 5.91 Å². The van der Waals surface area contributed by atoms with Crippen LogP contribution in [0, 0.1) is 13.8 Å². The van der Waals surface area contributed by atoms with Crippen LogP contribution in [0.3, 0.4) is 0 Å². The summed E-state index contributed by atoms with van der Waals surface area (Å²) in [6.45, 7) is 4.34. The topological polar surface area (TPSA) is 119 Å². The smallest absolute Gasteiger partial charge is 0.345 e. The fourth-order valence-corrected chi connectivity index (χ4v) is 4.22. The number of hydrazine groups is 1. The number of nitrogens with zero attached hydrogens (tertiary/aromatic N) is 3. The van der Waals surface area contributed by atoms with Gasteiger partial charge < -0.3 is 5.11 Å². The van der Waals surface area contributed by atoms with Gasteiger partial charge in [-0.2, -0.15) is 18.0 Å². The van der Waals surface area contributed by atoms with E-state index >= 15 is 0 Å². The number of hydrogen-bond donors (Lipinski definition) is 0. The van der Waals surface area contributed by atoms with Gasteiger partial charge in [-0.15, -0.1) is 4.41 Å². The first-order chi connectivity index (χ1) is 13.6. The maximum atomic E-state index is 13.0. The highest BCUT2D eigenvalue weighted by Crippen LogP contribution is 2.25. The number of carbonyl (C=O) groups is 3. The fourth-order valence-electron chi connectivity index (χ4n) is 2.84. The van der Waals surface area contributed by atoms with Gasteiger partial charge in [0, 0.05) is 24.3 Å². The normalized spacial score (nSPS) is 14.5. The predicted octanol–water partition coefficient (Wildman–Crippen LogP) is -0.359. The van der Waals surface area contributed by atoms with Crippen molar-refractivity contribution in [3.8, 4) is 0 Å². The van der Waals surface area contributed by atoms with E-state index in [-0.39, 0.29) is 14.3 Å². The SMILES string of the molecule is CC(=O)N(N1C(=O)C([O-])=C([n+]2cccc(C)c2)C1=O)S(=O)(=O)c1ccc(C)cc1. The molecular weight excluding hydrogens is 398 g/mol. The van der Waals surface area contributed by atoms with Gasteiger partial charge in [-0.25, -0.2) is 0 Å². The molecule has 0 radical (unpaired) electrons. The van der Waals surface area contributed by atoms with Gasteiger partial charge in [0.2, 0.25) is 0 Å². The minimum Gasteiger partial charge on any atom is -0.864 e. The second-order valence-electron chi connectivity index (χ2n) is 6.47. The number of aryl methyl sites for hydroxylation is 2. The summed E-state index contributed by atoms with van der Waals surface area (Å²) >= 11 is 0. The number of amides is 3. The molecule has 2 heterocycles. The first-order valence-corrected chi connectivity index (χ1v) is 9.90. The average molecular weight is 415 g/mol. The summed E-state index contributed by atoms with van der Waals surface area (Å²) in [5.74, 6) is -4.96. The van der Waals surface area contributed by atoms with Crippen molar-refractivity contribution in [2.75, 3.05) is 0 Å². The lowest BCUT2D eigenvalue weighted by atomic mass is 10.2. The van der Waals surface area contributed by atoms with E-state index in [1.807, 2.05) is 0 Å². The van der Waals surface area contributed by atoms with Crippen molar-refractivity contribution in [2.24, 2.45) is 0 Å². The van der Waals surface area contributed by atoms with E-state index in [1.165, 1.54) is 36.7 Å². The fraction of sp³-hybridized carbons (Fsp3) is 0.158. The molecule has 1 aromatic carbocycles. The lowest BCUT2D eigenvalue weighted by molar-refractivity contribution is -0.582. The van der Waals surface area contributed by atoms with Crippen LogP contribution in [-0.2, 0) is 24.4 Å². The molecule has 10 heteroatoms. The van der Waals surface area contributed by atoms with Crippen LogP contribution in [-0.4, -0.2) is 35.6 Å². The standard InChI is InChI=1S/C19H17N3O6S/c1-12-6-8-15(9-7-12)29(27,28)22(14(3)23)21-18(25)16(17(24)19(21)26)20-10-4-5-13(2)11-20/h4-11H,1-3H3. The summed E-state index contributed by atoms with van der Waals surface area (Å²) in [6, 6.07) is 8.76. The summed E-state index contributed by atoms with van der Waals surface area (Å²) in [7, 11) is -4.61. The van der Waals surface area contributed by atoms with Crippen molar-refractivity contribution in [2.45, 2.75) is 25.7 Å². The molecule has 0 atom stereocenters. The molecule has 0 bridgehead atoms. The Kier molecular flexibility index (Phi) is 4.97. The minimum absolute atomic E-state index is 0.0313. The number of hydrogen-bond acceptors (Lipinski definition) is 6. The molecule has 0 aliphatic carbocycles. The zero-order chi connectivity index (χ0) is 21.5. The number of aromatic nitrogens is 1. The van der Waals surface area contributed by atoms with Crippen molar-refractivity contribution in [1.82, 2.24) is 9.42 Å². The number of sulfonamides is 1. The van der Waals surface area contributed by atoms with E-state index in [4.69, 9.17) is 0 Å². The maximum Gasteiger partial charge on any atom is 0.345 e. The highest BCUT2D eigenvalue weighted by molar-refractivity contribution is 7.89. The monoisotopic (exact) mass is 415 g/mol. The first kappa shape index (κ1) is 20.2. The van der Waals surface area contributed by atoms with Crippen molar-refractivity contribution >= 4 is 33.4 Å². The Hall–Kier alpha value is -3.53. The quantitative estimate of drug-likeness (QED) is 0.497. The second-order valence-corrected chi connectivity index (χ2v) is 8.24. The van der Waals surface area contributed by atoms with Crippen molar-refractivity contribution < 1.29 is 32.5 Å². The van der Waals surface area contributed by atoms with Crippen molar-refractivity contribution in [3.05, 3.63) is 65.7 Å². The molecule has 3 amide bonds. The van der Waals surface area contributed by atoms with E-state index in [0.29, 0.717) is 5.56 Å². The summed E-state index contributed by atoms with van der Waals surface area (Å²) in [6.07, 6.45) is 2.82. The Balaban J connectivity index is 2.10. The third kappa shape index (κ3) is 3.38. The molecule has 3 rings (SSSR count). The van der Waals surface area contributed by atoms with Gasteiger partial charge in [-0.3, -0.25) is 14.4 Å². The molecule has 0 unspecified atom stereocenters. The van der Waals surface area contributed by atoms with Gasteiger partial charge in [0.05, 0.1) is 4.90 Å². The molecule has 150 valence electrons. The van der Waals surface area contributed by atoms with E-state index in [1.54, 1.807) is 26.0 Å². The molecule has 1 aromatic heterocycles. The molecule has 1 aliphatic rings. The highest BCUT2D eigenvalue weighted by atomic mass is 32.2. The minimum atomic E-state index is -4.61. The molecule has 0 N–H and O–H groups in total. The summed E-state index contributed by atoms with van der Waals surface area (Å²) in [5.41, 5.74) is 0.902. The summed E-state index contributed by atoms with van der Waals surface area (Å²) in [5, 5.41) is 12.5. The number of benzene rings is 1. The van der Waals surface area contributed by atoms with Crippen LogP contribution in [0.1, 0.15) is 18.1 Å². The van der Waals surface area contributed by atoms with Crippen LogP contribution in [0.4, 0.5) is 0 Å². The maximum absolute atomic E-state index is 13.0. The largest absolute Gasteiger partial charge is 0.864 e. The lowest BCUT2D eigenvalue weighted by Crippen LogP contribution is -2.53. The van der Waals surface area contributed by atoms with Crippen LogP contribution in [0.5, 0.6) is 0 Å². The molecule has 29 heavy (non-hydrogen) atoms. The van der Waals surface area contributed by atoms with Gasteiger partial charge in [-0.1, -0.05) is 17.7 Å². The number of carbonyl (C=O) groups excluding carboxylic acids is 3. The predicted molar refractivity (Wildman–Crippen MR) is 97.3 cm³/mol. The van der Waals surface area contributed by atoms with Crippen LogP contribution in [0.25, 0.3) is 5.70 Å². The van der Waals surface area contributed by atoms with Crippen molar-refractivity contribution in [3.63, 3.8) is 0 Å². The number of imide groups is 1. The van der Waals surface area contributed by atoms with Crippen LogP contribution in [0.2, 0.25) is 0 Å². The third-order valence-electron chi connectivity index (χ3n) is 4.20. The van der Waals surface area contributed by atoms with E-state index in [9.17, 15) is 27.9 Å². The molecule has 0 saturated heterocycles. The Labute approximate surface area is 167 Å². The van der Waals surface area contributed by atoms with Crippen LogP contribution in [0.15, 0.2) is 59.4 Å². The lowest BCUT2D eigenvalue weighted by Gasteiger charge is -2.28. The van der Waals surface area contributed by atoms with Gasteiger partial charge in [0.25, 0.3) is 27.5 Å². The molecule has 0 fully saturated rings. The van der Waals surface area contributed by atoms with E-state index in [0.717, 1.165) is 17.1 Å². The molecule has 0 saturated carbocycles. The summed E-state index contributed by atoms with van der Waals surface area (Å²) < 4.78 is 27.2. The zero-order valence-corrected chi connectivity index (χ0v) is 16.6. The van der Waals surface area contributed by atoms with Crippen molar-refractivity contribution in [1.29, 1.82) is 0 Å². The number of pyridine rings is 1. The Morgan fingerprint density at radius 3 is 2.21 bits per heavy atom. The Morgan fingerprint density at radius 2 is 1.66 bits per heavy atom. The molecule has 2 aromatic rings. The average Bonchev–Trinajstić information content (AvgIpc) is 2.85. The Bertz CT molecular complexity index is 1170. The Morgan fingerprint density at radius 1 is 1.03 bits per heavy atom. The van der Waals surface area contributed by atoms with Crippen LogP contribution >= 0.6 is 0 Å². The number of rotatable bonds is 4. The molecule has 0 spiro atoms. The first-order valence-electron chi connectivity index (χ1n) is 8.46. The van der Waals surface area contributed by atoms with Gasteiger partial charge in [0.15, 0.2) is 12.4 Å². The molecule has 1 aliphatic heterocycles. The molecular formula is C19H17N3O6S. The van der Waals surface area contributed by atoms with Gasteiger partial charge in [-0.05, 0) is 32.0 Å². The van der Waals surface area contributed by atoms with Crippen LogP contribution < -0.4 is 9.67 Å². The van der Waals surface area contributed by atoms with E-state index in [2.05, 4.69) is 0 Å². The van der Waals surface area contributed by atoms with Gasteiger partial charge in [0.1, 0.15) is 0 Å². The third-order valence-corrected chi connectivity index (χ3v) is 5.94. The second kappa shape index (κ2) is 7.13. The molecule has 9 nitrogen and oxygen atoms in total. The van der Waals surface area contributed by atoms with E-state index < -0.39 is 39.2 Å². The zero-order valence-electron chi connectivity index (χ0n) is 15.8. The highest BCUT2D eigenvalue weighted by Gasteiger charge is 2.48.